The van der Waals surface area contributed by atoms with E-state index in [2.05, 4.69) is 23.6 Å². The second-order valence-corrected chi connectivity index (χ2v) is 11.4. The molecule has 0 bridgehead atoms. The maximum atomic E-state index is 14.0. The lowest BCUT2D eigenvalue weighted by Crippen LogP contribution is -2.42. The molecule has 0 radical (unpaired) electrons. The van der Waals surface area contributed by atoms with Crippen LogP contribution in [0.3, 0.4) is 0 Å². The Balaban J connectivity index is 1.65. The van der Waals surface area contributed by atoms with Crippen LogP contribution in [-0.4, -0.2) is 80.1 Å². The van der Waals surface area contributed by atoms with Crippen molar-refractivity contribution in [1.29, 1.82) is 0 Å². The van der Waals surface area contributed by atoms with E-state index < -0.39 is 23.0 Å². The topological polar surface area (TPSA) is 130 Å². The number of amides is 1. The van der Waals surface area contributed by atoms with Gasteiger partial charge in [0.25, 0.3) is 5.09 Å². The Morgan fingerprint density at radius 1 is 0.956 bits per heavy atom. The summed E-state index contributed by atoms with van der Waals surface area (Å²) in [6, 6.07) is 12.8. The molecule has 1 fully saturated rings. The van der Waals surface area contributed by atoms with Crippen molar-refractivity contribution in [2.45, 2.75) is 64.3 Å². The van der Waals surface area contributed by atoms with Crippen LogP contribution in [-0.2, 0) is 19.2 Å². The van der Waals surface area contributed by atoms with Crippen LogP contribution in [0.2, 0.25) is 0 Å². The highest BCUT2D eigenvalue weighted by molar-refractivity contribution is 5.80. The first-order valence-corrected chi connectivity index (χ1v) is 15.9. The van der Waals surface area contributed by atoms with Gasteiger partial charge in [-0.3, -0.25) is 14.5 Å². The number of esters is 1. The molecule has 2 aliphatic heterocycles. The zero-order valence-corrected chi connectivity index (χ0v) is 26.5. The summed E-state index contributed by atoms with van der Waals surface area (Å²) in [7, 11) is 1.60. The van der Waals surface area contributed by atoms with Gasteiger partial charge in [-0.25, -0.2) is 0 Å². The maximum Gasteiger partial charge on any atom is 0.311 e. The Hall–Kier alpha value is -4.06. The van der Waals surface area contributed by atoms with E-state index in [0.29, 0.717) is 49.7 Å². The Morgan fingerprint density at radius 2 is 1.62 bits per heavy atom. The van der Waals surface area contributed by atoms with Crippen molar-refractivity contribution in [3.8, 4) is 17.2 Å². The van der Waals surface area contributed by atoms with Gasteiger partial charge >= 0.3 is 5.97 Å². The molecule has 2 aromatic rings. The number of hydrogen-bond acceptors (Lipinski definition) is 10. The molecule has 0 saturated carbocycles. The Bertz CT molecular complexity index is 1260. The van der Waals surface area contributed by atoms with Gasteiger partial charge in [0, 0.05) is 31.6 Å². The molecule has 0 unspecified atom stereocenters. The summed E-state index contributed by atoms with van der Waals surface area (Å²) in [5, 5.41) is 9.63. The lowest BCUT2D eigenvalue weighted by Gasteiger charge is -2.30. The van der Waals surface area contributed by atoms with Crippen LogP contribution in [0.4, 0.5) is 0 Å². The van der Waals surface area contributed by atoms with Crippen LogP contribution in [0.5, 0.6) is 17.2 Å². The quantitative estimate of drug-likeness (QED) is 0.0948. The predicted molar refractivity (Wildman–Crippen MR) is 166 cm³/mol. The van der Waals surface area contributed by atoms with Crippen molar-refractivity contribution in [2.75, 3.05) is 53.3 Å². The van der Waals surface area contributed by atoms with Gasteiger partial charge in [-0.05, 0) is 61.1 Å². The Labute approximate surface area is 264 Å². The highest BCUT2D eigenvalue weighted by Gasteiger charge is 2.49. The first-order chi connectivity index (χ1) is 21.9. The fraction of sp³-hybridized carbons (Fsp3) is 0.576. The minimum absolute atomic E-state index is 0.0413. The number of likely N-dealkylation sites (tertiary alicyclic amines) is 1. The van der Waals surface area contributed by atoms with E-state index in [0.717, 1.165) is 36.8 Å². The van der Waals surface area contributed by atoms with Crippen LogP contribution >= 0.6 is 0 Å². The van der Waals surface area contributed by atoms with Crippen molar-refractivity contribution >= 4 is 11.9 Å². The first kappa shape index (κ1) is 33.8. The zero-order chi connectivity index (χ0) is 32.2. The van der Waals surface area contributed by atoms with Gasteiger partial charge in [0.2, 0.25) is 12.7 Å². The number of methoxy groups -OCH3 is 1. The maximum absolute atomic E-state index is 14.0. The number of benzene rings is 2. The van der Waals surface area contributed by atoms with Gasteiger partial charge in [-0.1, -0.05) is 44.9 Å². The van der Waals surface area contributed by atoms with Gasteiger partial charge in [0.05, 0.1) is 32.8 Å². The molecule has 45 heavy (non-hydrogen) atoms. The number of nitrogens with zero attached hydrogens (tertiary/aromatic N) is 3. The normalized spacial score (nSPS) is 18.9. The summed E-state index contributed by atoms with van der Waals surface area (Å²) < 4.78 is 22.4. The largest absolute Gasteiger partial charge is 0.497 e. The zero-order valence-electron chi connectivity index (χ0n) is 26.5. The van der Waals surface area contributed by atoms with Crippen LogP contribution in [0.1, 0.15) is 75.5 Å². The summed E-state index contributed by atoms with van der Waals surface area (Å²) in [5.74, 6) is 0.663. The molecule has 2 heterocycles. The fourth-order valence-corrected chi connectivity index (χ4v) is 6.00. The predicted octanol–water partition coefficient (Wildman–Crippen LogP) is 5.14. The Morgan fingerprint density at radius 3 is 2.29 bits per heavy atom. The summed E-state index contributed by atoms with van der Waals surface area (Å²) in [5.41, 5.74) is 1.77. The second-order valence-electron chi connectivity index (χ2n) is 11.4. The van der Waals surface area contributed by atoms with E-state index in [9.17, 15) is 19.7 Å². The first-order valence-electron chi connectivity index (χ1n) is 15.9. The monoisotopic (exact) mass is 627 g/mol. The molecule has 12 heteroatoms. The van der Waals surface area contributed by atoms with Crippen molar-refractivity contribution in [3.63, 3.8) is 0 Å². The SMILES string of the molecule is CCCCN(CCCC)C(=O)CN1C[C@H](c2ccc3c(c2)OCO3)[C@@H](C(=O)OCCCCO[N+](=O)[O-])[C@@H]1c1ccc(OC)cc1. The number of carbonyl (C=O) groups is 2. The minimum atomic E-state index is -0.832. The third-order valence-corrected chi connectivity index (χ3v) is 8.39. The van der Waals surface area contributed by atoms with Crippen molar-refractivity contribution in [3.05, 3.63) is 63.7 Å². The average Bonchev–Trinajstić information content (AvgIpc) is 3.67. The van der Waals surface area contributed by atoms with E-state index in [4.69, 9.17) is 18.9 Å². The lowest BCUT2D eigenvalue weighted by molar-refractivity contribution is -0.757. The van der Waals surface area contributed by atoms with Crippen molar-refractivity contribution in [2.24, 2.45) is 5.92 Å². The van der Waals surface area contributed by atoms with Gasteiger partial charge in [0.1, 0.15) is 5.75 Å². The van der Waals surface area contributed by atoms with E-state index in [-0.39, 0.29) is 38.4 Å². The number of carbonyl (C=O) groups excluding carboxylic acids is 2. The average molecular weight is 628 g/mol. The Kier molecular flexibility index (Phi) is 12.7. The highest BCUT2D eigenvalue weighted by atomic mass is 16.9. The van der Waals surface area contributed by atoms with Crippen molar-refractivity contribution in [1.82, 2.24) is 9.80 Å². The molecular weight excluding hydrogens is 582 g/mol. The van der Waals surface area contributed by atoms with Crippen LogP contribution in [0.15, 0.2) is 42.5 Å². The molecule has 1 amide bonds. The van der Waals surface area contributed by atoms with Gasteiger partial charge < -0.3 is 28.7 Å². The number of ether oxygens (including phenoxy) is 4. The molecular formula is C33H45N3O9. The van der Waals surface area contributed by atoms with Gasteiger partial charge in [0.15, 0.2) is 11.5 Å². The smallest absolute Gasteiger partial charge is 0.311 e. The number of rotatable bonds is 18. The number of unbranched alkanes of at least 4 members (excludes halogenated alkanes) is 3. The van der Waals surface area contributed by atoms with E-state index >= 15 is 0 Å². The molecule has 2 aromatic carbocycles. The number of hydrogen-bond donors (Lipinski definition) is 0. The van der Waals surface area contributed by atoms with Crippen molar-refractivity contribution < 1.29 is 38.5 Å². The molecule has 0 N–H and O–H groups in total. The minimum Gasteiger partial charge on any atom is -0.497 e. The molecule has 0 aromatic heterocycles. The van der Waals surface area contributed by atoms with E-state index in [1.54, 1.807) is 7.11 Å². The van der Waals surface area contributed by atoms with Gasteiger partial charge in [-0.2, -0.15) is 0 Å². The van der Waals surface area contributed by atoms with E-state index in [1.807, 2.05) is 47.4 Å². The summed E-state index contributed by atoms with van der Waals surface area (Å²) in [4.78, 5) is 46.7. The summed E-state index contributed by atoms with van der Waals surface area (Å²) >= 11 is 0. The van der Waals surface area contributed by atoms with Crippen LogP contribution in [0, 0.1) is 16.0 Å². The van der Waals surface area contributed by atoms with E-state index in [1.165, 1.54) is 0 Å². The molecule has 2 aliphatic rings. The van der Waals surface area contributed by atoms with Crippen LogP contribution < -0.4 is 14.2 Å². The second kappa shape index (κ2) is 16.9. The highest BCUT2D eigenvalue weighted by Crippen LogP contribution is 2.48. The fourth-order valence-electron chi connectivity index (χ4n) is 6.00. The summed E-state index contributed by atoms with van der Waals surface area (Å²) in [6.07, 6.45) is 4.63. The molecule has 4 rings (SSSR count). The summed E-state index contributed by atoms with van der Waals surface area (Å²) in [6.45, 7) is 6.41. The molecule has 1 saturated heterocycles. The molecule has 246 valence electrons. The third kappa shape index (κ3) is 9.00. The standard InChI is InChI=1S/C33H45N3O9/c1-4-6-16-34(17-7-5-2)30(37)22-35-21-27(25-12-15-28-29(20-25)44-23-43-28)31(32(35)24-10-13-26(41-3)14-11-24)33(38)42-18-8-9-19-45-36(39)40/h10-15,20,27,31-32H,4-9,16-19,21-23H2,1-3H3/t27-,31-,32+/m1/s1. The molecule has 0 aliphatic carbocycles. The third-order valence-electron chi connectivity index (χ3n) is 8.39. The molecule has 0 spiro atoms. The molecule has 3 atom stereocenters. The molecule has 12 nitrogen and oxygen atoms in total. The van der Waals surface area contributed by atoms with Gasteiger partial charge in [-0.15, -0.1) is 10.1 Å². The lowest BCUT2D eigenvalue weighted by atomic mass is 9.82. The number of fused-ring (bicyclic) bond motifs is 1. The van der Waals surface area contributed by atoms with Crippen LogP contribution in [0.25, 0.3) is 0 Å².